The lowest BCUT2D eigenvalue weighted by Gasteiger charge is -2.33. The number of fused-ring (bicyclic) bond motifs is 1. The SMILES string of the molecule is CC(C)n1c(=O)c(-c2ccc(NS(=O)(=O)Cc3ccc(C#N)cc3)nc2)cc2cnc(N[C@H]3CC[C@H](N(C)C)CC3)nc21. The van der Waals surface area contributed by atoms with Crippen LogP contribution in [0.2, 0.25) is 0 Å². The van der Waals surface area contributed by atoms with Gasteiger partial charge in [0.15, 0.2) is 0 Å². The highest BCUT2D eigenvalue weighted by molar-refractivity contribution is 7.91. The number of hydrogen-bond donors (Lipinski definition) is 2. The molecular weight excluding hydrogens is 564 g/mol. The van der Waals surface area contributed by atoms with E-state index in [9.17, 15) is 13.2 Å². The van der Waals surface area contributed by atoms with Gasteiger partial charge in [-0.1, -0.05) is 12.1 Å². The van der Waals surface area contributed by atoms with Crippen LogP contribution >= 0.6 is 0 Å². The molecule has 43 heavy (non-hydrogen) atoms. The summed E-state index contributed by atoms with van der Waals surface area (Å²) < 4.78 is 29.5. The standard InChI is InChI=1S/C31H36N8O3S/c1-20(2)39-29-24(18-34-31(36-29)35-25-10-12-26(13-11-25)38(3)4)15-27(30(39)40)23-9-14-28(33-17-23)37-43(41,42)19-22-7-5-21(16-32)6-8-22/h5-9,14-15,17-18,20,25-26H,10-13,19H2,1-4H3,(H,33,37)(H,34,35,36)/t25-,26-. The smallest absolute Gasteiger partial charge is 0.260 e. The van der Waals surface area contributed by atoms with Gasteiger partial charge in [-0.25, -0.2) is 18.4 Å². The zero-order valence-electron chi connectivity index (χ0n) is 24.8. The average Bonchev–Trinajstić information content (AvgIpc) is 2.97. The molecule has 3 heterocycles. The quantitative estimate of drug-likeness (QED) is 0.283. The monoisotopic (exact) mass is 600 g/mol. The normalized spacial score (nSPS) is 17.2. The summed E-state index contributed by atoms with van der Waals surface area (Å²) in [5.41, 5.74) is 2.32. The van der Waals surface area contributed by atoms with Crippen molar-refractivity contribution in [3.8, 4) is 17.2 Å². The van der Waals surface area contributed by atoms with Gasteiger partial charge in [-0.15, -0.1) is 0 Å². The summed E-state index contributed by atoms with van der Waals surface area (Å²) in [6.07, 6.45) is 7.52. The second-order valence-corrected chi connectivity index (χ2v) is 13.2. The molecule has 12 heteroatoms. The van der Waals surface area contributed by atoms with Crippen molar-refractivity contribution in [3.05, 3.63) is 76.3 Å². The summed E-state index contributed by atoms with van der Waals surface area (Å²) in [6, 6.07) is 14.1. The second-order valence-electron chi connectivity index (χ2n) is 11.5. The molecule has 0 amide bonds. The lowest BCUT2D eigenvalue weighted by molar-refractivity contribution is 0.221. The van der Waals surface area contributed by atoms with Gasteiger partial charge in [0.2, 0.25) is 16.0 Å². The first kappa shape index (κ1) is 30.1. The van der Waals surface area contributed by atoms with Crippen molar-refractivity contribution in [3.63, 3.8) is 0 Å². The molecule has 0 bridgehead atoms. The average molecular weight is 601 g/mol. The zero-order valence-corrected chi connectivity index (χ0v) is 25.6. The fourth-order valence-corrected chi connectivity index (χ4v) is 6.64. The number of hydrogen-bond acceptors (Lipinski definition) is 9. The van der Waals surface area contributed by atoms with Crippen molar-refractivity contribution >= 4 is 32.8 Å². The van der Waals surface area contributed by atoms with Crippen LogP contribution in [0.15, 0.2) is 59.7 Å². The summed E-state index contributed by atoms with van der Waals surface area (Å²) in [7, 11) is 0.497. The molecule has 224 valence electrons. The largest absolute Gasteiger partial charge is 0.351 e. The maximum absolute atomic E-state index is 13.7. The maximum Gasteiger partial charge on any atom is 0.260 e. The van der Waals surface area contributed by atoms with Crippen LogP contribution in [-0.2, 0) is 15.8 Å². The molecule has 0 atom stereocenters. The Balaban J connectivity index is 1.36. The molecule has 0 radical (unpaired) electrons. The molecule has 2 N–H and O–H groups in total. The number of pyridine rings is 2. The van der Waals surface area contributed by atoms with Crippen molar-refractivity contribution < 1.29 is 8.42 Å². The minimum atomic E-state index is -3.75. The van der Waals surface area contributed by atoms with E-state index in [1.807, 2.05) is 19.9 Å². The van der Waals surface area contributed by atoms with Crippen LogP contribution in [0.3, 0.4) is 0 Å². The van der Waals surface area contributed by atoms with E-state index in [-0.39, 0.29) is 23.2 Å². The van der Waals surface area contributed by atoms with Crippen molar-refractivity contribution in [2.75, 3.05) is 24.1 Å². The third-order valence-electron chi connectivity index (χ3n) is 7.82. The van der Waals surface area contributed by atoms with Crippen LogP contribution < -0.4 is 15.6 Å². The van der Waals surface area contributed by atoms with Crippen LogP contribution in [0.1, 0.15) is 56.7 Å². The third kappa shape index (κ3) is 7.01. The van der Waals surface area contributed by atoms with Crippen molar-refractivity contribution in [1.82, 2.24) is 24.4 Å². The first-order valence-corrected chi connectivity index (χ1v) is 16.0. The number of nitriles is 1. The molecule has 1 fully saturated rings. The lowest BCUT2D eigenvalue weighted by Crippen LogP contribution is -2.36. The molecule has 11 nitrogen and oxygen atoms in total. The molecule has 0 spiro atoms. The number of benzene rings is 1. The zero-order chi connectivity index (χ0) is 30.7. The fourth-order valence-electron chi connectivity index (χ4n) is 5.50. The molecule has 1 aromatic carbocycles. The van der Waals surface area contributed by atoms with Gasteiger partial charge in [0.25, 0.3) is 5.56 Å². The van der Waals surface area contributed by atoms with Crippen molar-refractivity contribution in [2.24, 2.45) is 0 Å². The van der Waals surface area contributed by atoms with Gasteiger partial charge >= 0.3 is 0 Å². The van der Waals surface area contributed by atoms with E-state index in [0.29, 0.717) is 45.9 Å². The summed E-state index contributed by atoms with van der Waals surface area (Å²) in [5.74, 6) is 0.391. The number of nitrogens with one attached hydrogen (secondary N) is 2. The van der Waals surface area contributed by atoms with Gasteiger partial charge in [0.05, 0.1) is 17.4 Å². The molecule has 0 unspecified atom stereocenters. The summed E-state index contributed by atoms with van der Waals surface area (Å²) >= 11 is 0. The third-order valence-corrected chi connectivity index (χ3v) is 9.06. The van der Waals surface area contributed by atoms with Gasteiger partial charge in [-0.05, 0) is 89.5 Å². The molecular formula is C31H36N8O3S. The molecule has 4 aromatic rings. The predicted octanol–water partition coefficient (Wildman–Crippen LogP) is 4.53. The van der Waals surface area contributed by atoms with Gasteiger partial charge < -0.3 is 10.2 Å². The Kier molecular flexibility index (Phi) is 8.75. The van der Waals surface area contributed by atoms with Crippen LogP contribution in [-0.4, -0.2) is 59.0 Å². The van der Waals surface area contributed by atoms with Crippen molar-refractivity contribution in [1.29, 1.82) is 5.26 Å². The maximum atomic E-state index is 13.7. The van der Waals surface area contributed by atoms with Gasteiger partial charge in [0.1, 0.15) is 11.5 Å². The number of rotatable bonds is 9. The molecule has 0 saturated heterocycles. The van der Waals surface area contributed by atoms with E-state index in [0.717, 1.165) is 31.1 Å². The van der Waals surface area contributed by atoms with Gasteiger partial charge in [-0.2, -0.15) is 10.2 Å². The minimum absolute atomic E-state index is 0.140. The lowest BCUT2D eigenvalue weighted by atomic mass is 9.91. The Morgan fingerprint density at radius 2 is 1.77 bits per heavy atom. The summed E-state index contributed by atoms with van der Waals surface area (Å²) in [4.78, 5) is 29.6. The van der Waals surface area contributed by atoms with Crippen LogP contribution in [0, 0.1) is 11.3 Å². The number of nitrogens with zero attached hydrogens (tertiary/aromatic N) is 6. The fraction of sp³-hybridized carbons (Fsp3) is 0.387. The van der Waals surface area contributed by atoms with E-state index in [1.165, 1.54) is 12.3 Å². The van der Waals surface area contributed by atoms with E-state index in [2.05, 4.69) is 39.0 Å². The molecule has 1 aliphatic rings. The highest BCUT2D eigenvalue weighted by atomic mass is 32.2. The highest BCUT2D eigenvalue weighted by Gasteiger charge is 2.23. The number of sulfonamides is 1. The molecule has 1 saturated carbocycles. The summed E-state index contributed by atoms with van der Waals surface area (Å²) in [6.45, 7) is 3.87. The topological polar surface area (TPSA) is 146 Å². The van der Waals surface area contributed by atoms with E-state index >= 15 is 0 Å². The summed E-state index contributed by atoms with van der Waals surface area (Å²) in [5, 5.41) is 13.1. The molecule has 5 rings (SSSR count). The molecule has 1 aliphatic carbocycles. The Bertz CT molecular complexity index is 1800. The van der Waals surface area contributed by atoms with E-state index < -0.39 is 10.0 Å². The van der Waals surface area contributed by atoms with Crippen molar-refractivity contribution in [2.45, 2.75) is 63.4 Å². The van der Waals surface area contributed by atoms with Gasteiger partial charge in [0, 0.05) is 47.0 Å². The number of aromatic nitrogens is 4. The Labute approximate surface area is 251 Å². The second kappa shape index (κ2) is 12.5. The van der Waals surface area contributed by atoms with Crippen LogP contribution in [0.5, 0.6) is 0 Å². The van der Waals surface area contributed by atoms with Crippen LogP contribution in [0.4, 0.5) is 11.8 Å². The first-order chi connectivity index (χ1) is 20.5. The Morgan fingerprint density at radius 1 is 1.05 bits per heavy atom. The Morgan fingerprint density at radius 3 is 2.37 bits per heavy atom. The Hall–Kier alpha value is -4.34. The minimum Gasteiger partial charge on any atom is -0.351 e. The van der Waals surface area contributed by atoms with Crippen LogP contribution in [0.25, 0.3) is 22.2 Å². The molecule has 0 aliphatic heterocycles. The predicted molar refractivity (Wildman–Crippen MR) is 168 cm³/mol. The van der Waals surface area contributed by atoms with E-state index in [4.69, 9.17) is 10.2 Å². The highest BCUT2D eigenvalue weighted by Crippen LogP contribution is 2.26. The first-order valence-electron chi connectivity index (χ1n) is 14.3. The molecule has 3 aromatic heterocycles. The number of anilines is 2. The van der Waals surface area contributed by atoms with E-state index in [1.54, 1.807) is 47.2 Å². The van der Waals surface area contributed by atoms with Gasteiger partial charge in [-0.3, -0.25) is 14.1 Å².